The summed E-state index contributed by atoms with van der Waals surface area (Å²) in [6.45, 7) is 7.88. The van der Waals surface area contributed by atoms with Crippen LogP contribution in [-0.2, 0) is 11.3 Å². The van der Waals surface area contributed by atoms with E-state index in [0.717, 1.165) is 45.2 Å². The van der Waals surface area contributed by atoms with Crippen LogP contribution >= 0.6 is 0 Å². The number of carbonyl (C=O) groups excluding carboxylic acids is 1. The Hall–Kier alpha value is -1.56. The molecule has 0 spiro atoms. The van der Waals surface area contributed by atoms with E-state index in [1.165, 1.54) is 6.42 Å². The Morgan fingerprint density at radius 2 is 1.96 bits per heavy atom. The van der Waals surface area contributed by atoms with Crippen molar-refractivity contribution in [3.8, 4) is 0 Å². The number of piperidine rings is 1. The number of carbonyl (C=O) groups is 1. The van der Waals surface area contributed by atoms with Crippen LogP contribution in [-0.4, -0.2) is 50.8 Å². The third-order valence-electron chi connectivity index (χ3n) is 5.17. The molecule has 1 aromatic heterocycles. The van der Waals surface area contributed by atoms with E-state index in [1.807, 2.05) is 44.4 Å². The number of imidazole rings is 1. The van der Waals surface area contributed by atoms with Crippen molar-refractivity contribution >= 4 is 6.09 Å². The topological polar surface area (TPSA) is 59.4 Å². The van der Waals surface area contributed by atoms with Crippen molar-refractivity contribution in [2.75, 3.05) is 6.54 Å². The van der Waals surface area contributed by atoms with Gasteiger partial charge in [0.25, 0.3) is 0 Å². The van der Waals surface area contributed by atoms with Crippen LogP contribution in [0.3, 0.4) is 0 Å². The quantitative estimate of drug-likeness (QED) is 0.802. The van der Waals surface area contributed by atoms with Gasteiger partial charge in [-0.3, -0.25) is 0 Å². The fourth-order valence-corrected chi connectivity index (χ4v) is 4.10. The highest BCUT2D eigenvalue weighted by atomic mass is 16.6. The standard InChI is InChI=1S/C19H32N4O2/c1-19(2,3)25-18(24)23-16-6-7-17(23)13-15(12-16)21-8-4-5-10-22-11-9-20-14-22/h9,11,14-17,21H,4-8,10,12-13H2,1-3H3. The fourth-order valence-electron chi connectivity index (χ4n) is 4.10. The molecular weight excluding hydrogens is 316 g/mol. The van der Waals surface area contributed by atoms with Crippen molar-refractivity contribution in [1.82, 2.24) is 19.8 Å². The minimum atomic E-state index is -0.416. The summed E-state index contributed by atoms with van der Waals surface area (Å²) in [6.07, 6.45) is 12.2. The van der Waals surface area contributed by atoms with E-state index in [0.29, 0.717) is 18.1 Å². The molecule has 1 aromatic rings. The van der Waals surface area contributed by atoms with E-state index in [9.17, 15) is 4.79 Å². The Kier molecular flexibility index (Phi) is 5.67. The van der Waals surface area contributed by atoms with Crippen molar-refractivity contribution in [2.24, 2.45) is 0 Å². The lowest BCUT2D eigenvalue weighted by molar-refractivity contribution is 0.00474. The number of hydrogen-bond donors (Lipinski definition) is 1. The monoisotopic (exact) mass is 348 g/mol. The van der Waals surface area contributed by atoms with Gasteiger partial charge in [-0.2, -0.15) is 0 Å². The smallest absolute Gasteiger partial charge is 0.410 e. The molecule has 3 heterocycles. The maximum atomic E-state index is 12.5. The maximum Gasteiger partial charge on any atom is 0.410 e. The highest BCUT2D eigenvalue weighted by Crippen LogP contribution is 2.36. The predicted molar refractivity (Wildman–Crippen MR) is 97.4 cm³/mol. The lowest BCUT2D eigenvalue weighted by Gasteiger charge is -2.39. The van der Waals surface area contributed by atoms with Crippen molar-refractivity contribution < 1.29 is 9.53 Å². The van der Waals surface area contributed by atoms with Crippen molar-refractivity contribution in [3.05, 3.63) is 18.7 Å². The molecule has 2 unspecified atom stereocenters. The summed E-state index contributed by atoms with van der Waals surface area (Å²) in [4.78, 5) is 18.6. The molecule has 2 atom stereocenters. The average molecular weight is 348 g/mol. The number of aromatic nitrogens is 2. The van der Waals surface area contributed by atoms with Gasteiger partial charge in [0, 0.05) is 37.1 Å². The maximum absolute atomic E-state index is 12.5. The van der Waals surface area contributed by atoms with Gasteiger partial charge in [0.05, 0.1) is 6.33 Å². The number of amides is 1. The molecule has 0 aromatic carbocycles. The average Bonchev–Trinajstić information content (AvgIpc) is 3.12. The summed E-state index contributed by atoms with van der Waals surface area (Å²) >= 11 is 0. The largest absolute Gasteiger partial charge is 0.444 e. The zero-order chi connectivity index (χ0) is 17.9. The first kappa shape index (κ1) is 18.2. The zero-order valence-corrected chi connectivity index (χ0v) is 15.8. The van der Waals surface area contributed by atoms with Crippen LogP contribution in [0, 0.1) is 0 Å². The van der Waals surface area contributed by atoms with Crippen LogP contribution in [0.5, 0.6) is 0 Å². The lowest BCUT2D eigenvalue weighted by Crippen LogP contribution is -2.52. The van der Waals surface area contributed by atoms with Crippen molar-refractivity contribution in [3.63, 3.8) is 0 Å². The Bertz CT molecular complexity index is 538. The molecule has 1 N–H and O–H groups in total. The van der Waals surface area contributed by atoms with Crippen LogP contribution in [0.15, 0.2) is 18.7 Å². The number of nitrogens with zero attached hydrogens (tertiary/aromatic N) is 3. The molecule has 25 heavy (non-hydrogen) atoms. The van der Waals surface area contributed by atoms with Gasteiger partial charge in [-0.05, 0) is 65.8 Å². The predicted octanol–water partition coefficient (Wildman–Crippen LogP) is 3.18. The van der Waals surface area contributed by atoms with Crippen LogP contribution in [0.25, 0.3) is 0 Å². The van der Waals surface area contributed by atoms with Gasteiger partial charge in [-0.25, -0.2) is 9.78 Å². The summed E-state index contributed by atoms with van der Waals surface area (Å²) in [5.41, 5.74) is -0.416. The second-order valence-electron chi connectivity index (χ2n) is 8.40. The number of ether oxygens (including phenoxy) is 1. The molecule has 2 fully saturated rings. The fraction of sp³-hybridized carbons (Fsp3) is 0.789. The minimum Gasteiger partial charge on any atom is -0.444 e. The third kappa shape index (κ3) is 4.97. The summed E-state index contributed by atoms with van der Waals surface area (Å²) in [7, 11) is 0. The first-order valence-corrected chi connectivity index (χ1v) is 9.63. The Morgan fingerprint density at radius 1 is 1.24 bits per heavy atom. The van der Waals surface area contributed by atoms with E-state index >= 15 is 0 Å². The molecule has 6 nitrogen and oxygen atoms in total. The molecule has 2 saturated heterocycles. The van der Waals surface area contributed by atoms with E-state index in [4.69, 9.17) is 4.74 Å². The van der Waals surface area contributed by atoms with E-state index < -0.39 is 5.60 Å². The van der Waals surface area contributed by atoms with Crippen molar-refractivity contribution in [2.45, 2.75) is 89.6 Å². The molecule has 6 heteroatoms. The number of unbranched alkanes of at least 4 members (excludes halogenated alkanes) is 1. The molecule has 0 aliphatic carbocycles. The van der Waals surface area contributed by atoms with Crippen LogP contribution < -0.4 is 5.32 Å². The number of fused-ring (bicyclic) bond motifs is 2. The summed E-state index contributed by atoms with van der Waals surface area (Å²) in [6, 6.07) is 1.22. The Morgan fingerprint density at radius 3 is 2.56 bits per heavy atom. The molecule has 2 aliphatic rings. The summed E-state index contributed by atoms with van der Waals surface area (Å²) in [5.74, 6) is 0. The second-order valence-corrected chi connectivity index (χ2v) is 8.40. The van der Waals surface area contributed by atoms with Gasteiger partial charge >= 0.3 is 6.09 Å². The molecule has 2 bridgehead atoms. The molecule has 0 radical (unpaired) electrons. The minimum absolute atomic E-state index is 0.126. The van der Waals surface area contributed by atoms with E-state index in [-0.39, 0.29) is 6.09 Å². The SMILES string of the molecule is CC(C)(C)OC(=O)N1C2CCC1CC(NCCCCn1ccnc1)C2. The van der Waals surface area contributed by atoms with Gasteiger partial charge in [0.15, 0.2) is 0 Å². The van der Waals surface area contributed by atoms with Crippen LogP contribution in [0.1, 0.15) is 59.3 Å². The first-order valence-electron chi connectivity index (χ1n) is 9.63. The molecule has 2 aliphatic heterocycles. The third-order valence-corrected chi connectivity index (χ3v) is 5.17. The molecular formula is C19H32N4O2. The normalized spacial score (nSPS) is 26.0. The van der Waals surface area contributed by atoms with Crippen molar-refractivity contribution in [1.29, 1.82) is 0 Å². The highest BCUT2D eigenvalue weighted by molar-refractivity contribution is 5.69. The van der Waals surface area contributed by atoms with Crippen LogP contribution in [0.4, 0.5) is 4.79 Å². The molecule has 3 rings (SSSR count). The molecule has 0 saturated carbocycles. The van der Waals surface area contributed by atoms with Gasteiger partial charge in [0.1, 0.15) is 5.60 Å². The number of aryl methyl sites for hydroxylation is 1. The number of hydrogen-bond acceptors (Lipinski definition) is 4. The summed E-state index contributed by atoms with van der Waals surface area (Å²) in [5, 5.41) is 3.71. The van der Waals surface area contributed by atoms with Crippen LogP contribution in [0.2, 0.25) is 0 Å². The van der Waals surface area contributed by atoms with Gasteiger partial charge in [0.2, 0.25) is 0 Å². The Labute approximate surface area is 150 Å². The zero-order valence-electron chi connectivity index (χ0n) is 15.8. The first-order chi connectivity index (χ1) is 11.9. The molecule has 1 amide bonds. The van der Waals surface area contributed by atoms with E-state index in [2.05, 4.69) is 14.9 Å². The second kappa shape index (κ2) is 7.77. The Balaban J connectivity index is 1.39. The molecule has 140 valence electrons. The van der Waals surface area contributed by atoms with Gasteiger partial charge < -0.3 is 19.5 Å². The highest BCUT2D eigenvalue weighted by Gasteiger charge is 2.44. The van der Waals surface area contributed by atoms with E-state index in [1.54, 1.807) is 0 Å². The lowest BCUT2D eigenvalue weighted by atomic mass is 9.97. The summed E-state index contributed by atoms with van der Waals surface area (Å²) < 4.78 is 7.73. The number of rotatable bonds is 6. The number of nitrogens with one attached hydrogen (secondary N) is 1. The van der Waals surface area contributed by atoms with Gasteiger partial charge in [-0.1, -0.05) is 0 Å². The van der Waals surface area contributed by atoms with Gasteiger partial charge in [-0.15, -0.1) is 0 Å².